The predicted molar refractivity (Wildman–Crippen MR) is 126 cm³/mol. The summed E-state index contributed by atoms with van der Waals surface area (Å²) in [7, 11) is -3.53. The Morgan fingerprint density at radius 2 is 1.76 bits per heavy atom. The Kier molecular flexibility index (Phi) is 6.25. The highest BCUT2D eigenvalue weighted by atomic mass is 32.2. The number of benzene rings is 2. The molecular formula is C24H26N4O5S. The first kappa shape index (κ1) is 22.4. The number of amides is 1. The Balaban J connectivity index is 1.19. The van der Waals surface area contributed by atoms with E-state index in [1.807, 2.05) is 24.3 Å². The van der Waals surface area contributed by atoms with Crippen molar-refractivity contribution in [2.75, 3.05) is 25.0 Å². The molecule has 0 spiro atoms. The number of nitrogens with one attached hydrogen (secondary N) is 1. The van der Waals surface area contributed by atoms with Gasteiger partial charge in [-0.2, -0.15) is 9.40 Å². The largest absolute Gasteiger partial charge is 0.486 e. The molecular weight excluding hydrogens is 456 g/mol. The molecule has 1 atom stereocenters. The van der Waals surface area contributed by atoms with Crippen LogP contribution in [0.2, 0.25) is 0 Å². The number of ether oxygens (including phenoxy) is 2. The van der Waals surface area contributed by atoms with Crippen LogP contribution in [0.25, 0.3) is 0 Å². The average molecular weight is 483 g/mol. The lowest BCUT2D eigenvalue weighted by Crippen LogP contribution is -2.35. The zero-order valence-corrected chi connectivity index (χ0v) is 19.4. The van der Waals surface area contributed by atoms with Gasteiger partial charge in [-0.1, -0.05) is 18.6 Å². The fraction of sp³-hybridized carbons (Fsp3) is 0.333. The van der Waals surface area contributed by atoms with Crippen molar-refractivity contribution in [1.82, 2.24) is 14.1 Å². The molecule has 0 aliphatic carbocycles. The van der Waals surface area contributed by atoms with Crippen LogP contribution in [0.4, 0.5) is 5.69 Å². The number of fused-ring (bicyclic) bond motifs is 1. The number of carbonyl (C=O) groups excluding carboxylic acids is 1. The SMILES string of the molecule is O=C(Nc1cnn(CC2COc3ccccc3O2)c1)c1ccc(S(=O)(=O)N2CCCCC2)cc1. The van der Waals surface area contributed by atoms with Crippen LogP contribution in [0.1, 0.15) is 29.6 Å². The Labute approximate surface area is 198 Å². The quantitative estimate of drug-likeness (QED) is 0.579. The van der Waals surface area contributed by atoms with Crippen LogP contribution in [0.15, 0.2) is 65.8 Å². The van der Waals surface area contributed by atoms with Gasteiger partial charge in [0.25, 0.3) is 5.91 Å². The van der Waals surface area contributed by atoms with E-state index in [1.54, 1.807) is 17.1 Å². The summed E-state index contributed by atoms with van der Waals surface area (Å²) >= 11 is 0. The second-order valence-electron chi connectivity index (χ2n) is 8.39. The fourth-order valence-electron chi connectivity index (χ4n) is 4.13. The fourth-order valence-corrected chi connectivity index (χ4v) is 5.64. The van der Waals surface area contributed by atoms with Crippen molar-refractivity contribution in [2.45, 2.75) is 36.8 Å². The van der Waals surface area contributed by atoms with Gasteiger partial charge in [-0.25, -0.2) is 8.42 Å². The third-order valence-corrected chi connectivity index (χ3v) is 7.83. The smallest absolute Gasteiger partial charge is 0.255 e. The summed E-state index contributed by atoms with van der Waals surface area (Å²) in [4.78, 5) is 12.9. The minimum Gasteiger partial charge on any atom is -0.486 e. The van der Waals surface area contributed by atoms with Gasteiger partial charge in [-0.15, -0.1) is 0 Å². The van der Waals surface area contributed by atoms with Crippen LogP contribution >= 0.6 is 0 Å². The van der Waals surface area contributed by atoms with E-state index in [9.17, 15) is 13.2 Å². The molecule has 0 saturated carbocycles. The molecule has 1 N–H and O–H groups in total. The van der Waals surface area contributed by atoms with Gasteiger partial charge in [0.15, 0.2) is 17.6 Å². The van der Waals surface area contributed by atoms with Crippen molar-refractivity contribution in [2.24, 2.45) is 0 Å². The lowest BCUT2D eigenvalue weighted by molar-refractivity contribution is 0.0759. The molecule has 178 valence electrons. The van der Waals surface area contributed by atoms with Crippen LogP contribution in [-0.4, -0.2) is 54.2 Å². The summed E-state index contributed by atoms with van der Waals surface area (Å²) in [5.74, 6) is 1.08. The van der Waals surface area contributed by atoms with Crippen LogP contribution in [0.3, 0.4) is 0 Å². The molecule has 0 bridgehead atoms. The van der Waals surface area contributed by atoms with Gasteiger partial charge in [-0.3, -0.25) is 9.48 Å². The Morgan fingerprint density at radius 3 is 2.53 bits per heavy atom. The number of para-hydroxylation sites is 2. The number of nitrogens with zero attached hydrogens (tertiary/aromatic N) is 3. The first-order valence-electron chi connectivity index (χ1n) is 11.3. The lowest BCUT2D eigenvalue weighted by Gasteiger charge is -2.26. The topological polar surface area (TPSA) is 103 Å². The maximum atomic E-state index is 12.8. The second kappa shape index (κ2) is 9.47. The minimum absolute atomic E-state index is 0.201. The predicted octanol–water partition coefficient (Wildman–Crippen LogP) is 3.15. The first-order valence-corrected chi connectivity index (χ1v) is 12.8. The molecule has 2 aliphatic heterocycles. The maximum Gasteiger partial charge on any atom is 0.255 e. The molecule has 0 radical (unpaired) electrons. The normalized spacial score (nSPS) is 18.4. The Bertz CT molecular complexity index is 1270. The Hall–Kier alpha value is -3.37. The van der Waals surface area contributed by atoms with Crippen LogP contribution < -0.4 is 14.8 Å². The van der Waals surface area contributed by atoms with E-state index in [1.165, 1.54) is 28.6 Å². The summed E-state index contributed by atoms with van der Waals surface area (Å²) in [6.07, 6.45) is 5.88. The number of anilines is 1. The molecule has 2 aliphatic rings. The van der Waals surface area contributed by atoms with Gasteiger partial charge in [0.05, 0.1) is 23.3 Å². The van der Waals surface area contributed by atoms with Gasteiger partial charge >= 0.3 is 0 Å². The number of piperidine rings is 1. The molecule has 9 nitrogen and oxygen atoms in total. The van der Waals surface area contributed by atoms with Gasteiger partial charge in [0, 0.05) is 24.8 Å². The van der Waals surface area contributed by atoms with Gasteiger partial charge < -0.3 is 14.8 Å². The van der Waals surface area contributed by atoms with Crippen LogP contribution in [0, 0.1) is 0 Å². The van der Waals surface area contributed by atoms with Crippen molar-refractivity contribution in [3.63, 3.8) is 0 Å². The molecule has 10 heteroatoms. The highest BCUT2D eigenvalue weighted by molar-refractivity contribution is 7.89. The summed E-state index contributed by atoms with van der Waals surface area (Å²) in [5.41, 5.74) is 0.901. The highest BCUT2D eigenvalue weighted by Gasteiger charge is 2.26. The molecule has 2 aromatic carbocycles. The number of aromatic nitrogens is 2. The van der Waals surface area contributed by atoms with E-state index in [4.69, 9.17) is 9.47 Å². The summed E-state index contributed by atoms with van der Waals surface area (Å²) in [6.45, 7) is 1.96. The molecule has 1 amide bonds. The molecule has 1 unspecified atom stereocenters. The number of sulfonamides is 1. The first-order chi connectivity index (χ1) is 16.5. The summed E-state index contributed by atoms with van der Waals surface area (Å²) in [6, 6.07) is 13.5. The molecule has 5 rings (SSSR count). The lowest BCUT2D eigenvalue weighted by atomic mass is 10.2. The van der Waals surface area contributed by atoms with Crippen molar-refractivity contribution in [3.8, 4) is 11.5 Å². The molecule has 1 aromatic heterocycles. The van der Waals surface area contributed by atoms with E-state index < -0.39 is 10.0 Å². The number of hydrogen-bond donors (Lipinski definition) is 1. The number of carbonyl (C=O) groups is 1. The van der Waals surface area contributed by atoms with Crippen molar-refractivity contribution >= 4 is 21.6 Å². The highest BCUT2D eigenvalue weighted by Crippen LogP contribution is 2.31. The average Bonchev–Trinajstić information content (AvgIpc) is 3.31. The standard InChI is InChI=1S/C24H26N4O5S/c29-24(18-8-10-21(11-9-18)34(30,31)28-12-4-1-5-13-28)26-19-14-25-27(15-19)16-20-17-32-22-6-2-3-7-23(22)33-20/h2-3,6-11,14-15,20H,1,4-5,12-13,16-17H2,(H,26,29). The van der Waals surface area contributed by atoms with Crippen molar-refractivity contribution < 1.29 is 22.7 Å². The van der Waals surface area contributed by atoms with Crippen molar-refractivity contribution in [3.05, 3.63) is 66.5 Å². The molecule has 1 fully saturated rings. The van der Waals surface area contributed by atoms with E-state index in [0.717, 1.165) is 25.0 Å². The molecule has 1 saturated heterocycles. The van der Waals surface area contributed by atoms with Gasteiger partial charge in [-0.05, 0) is 49.2 Å². The van der Waals surface area contributed by atoms with E-state index in [0.29, 0.717) is 43.2 Å². The Morgan fingerprint density at radius 1 is 1.03 bits per heavy atom. The van der Waals surface area contributed by atoms with E-state index >= 15 is 0 Å². The molecule has 34 heavy (non-hydrogen) atoms. The summed E-state index contributed by atoms with van der Waals surface area (Å²) in [5, 5.41) is 7.09. The zero-order chi connectivity index (χ0) is 23.5. The number of rotatable bonds is 6. The van der Waals surface area contributed by atoms with E-state index in [-0.39, 0.29) is 16.9 Å². The third-order valence-electron chi connectivity index (χ3n) is 5.92. The molecule has 3 aromatic rings. The zero-order valence-electron chi connectivity index (χ0n) is 18.6. The minimum atomic E-state index is -3.53. The van der Waals surface area contributed by atoms with Crippen LogP contribution in [0.5, 0.6) is 11.5 Å². The second-order valence-corrected chi connectivity index (χ2v) is 10.3. The van der Waals surface area contributed by atoms with Crippen LogP contribution in [-0.2, 0) is 16.6 Å². The number of hydrogen-bond acceptors (Lipinski definition) is 6. The van der Waals surface area contributed by atoms with Crippen molar-refractivity contribution in [1.29, 1.82) is 0 Å². The van der Waals surface area contributed by atoms with Gasteiger partial charge in [0.2, 0.25) is 10.0 Å². The summed E-state index contributed by atoms with van der Waals surface area (Å²) < 4.78 is 40.5. The third kappa shape index (κ3) is 4.78. The van der Waals surface area contributed by atoms with Gasteiger partial charge in [0.1, 0.15) is 6.61 Å². The van der Waals surface area contributed by atoms with E-state index in [2.05, 4.69) is 10.4 Å². The monoisotopic (exact) mass is 482 g/mol. The maximum absolute atomic E-state index is 12.8. The molecule has 3 heterocycles.